The van der Waals surface area contributed by atoms with E-state index in [1.807, 2.05) is 0 Å². The molecule has 0 saturated carbocycles. The largest absolute Gasteiger partial charge is 0.508 e. The molecule has 21 heavy (non-hydrogen) atoms. The fourth-order valence-corrected chi connectivity index (χ4v) is 2.20. The van der Waals surface area contributed by atoms with Crippen molar-refractivity contribution >= 4 is 11.0 Å². The van der Waals surface area contributed by atoms with Crippen molar-refractivity contribution in [2.24, 2.45) is 0 Å². The van der Waals surface area contributed by atoms with Crippen molar-refractivity contribution in [3.05, 3.63) is 52.9 Å². The van der Waals surface area contributed by atoms with Gasteiger partial charge < -0.3 is 19.4 Å². The minimum atomic E-state index is -0.236. The molecule has 0 aliphatic carbocycles. The Labute approximate surface area is 119 Å². The number of methoxy groups -OCH3 is 1. The van der Waals surface area contributed by atoms with Gasteiger partial charge in [0.05, 0.1) is 18.1 Å². The summed E-state index contributed by atoms with van der Waals surface area (Å²) in [7, 11) is 1.39. The molecular weight excluding hydrogens is 272 g/mol. The van der Waals surface area contributed by atoms with E-state index in [0.717, 1.165) is 0 Å². The molecule has 0 amide bonds. The van der Waals surface area contributed by atoms with E-state index in [1.165, 1.54) is 37.6 Å². The highest BCUT2D eigenvalue weighted by Gasteiger charge is 2.15. The first-order chi connectivity index (χ1) is 10.1. The van der Waals surface area contributed by atoms with Gasteiger partial charge in [-0.05, 0) is 29.8 Å². The molecule has 0 fully saturated rings. The van der Waals surface area contributed by atoms with Crippen molar-refractivity contribution in [2.75, 3.05) is 7.11 Å². The Kier molecular flexibility index (Phi) is 3.02. The fraction of sp³-hybridized carbons (Fsp3) is 0.0625. The maximum atomic E-state index is 12.5. The maximum Gasteiger partial charge on any atom is 0.204 e. The number of aromatic hydroxyl groups is 2. The first-order valence-corrected chi connectivity index (χ1v) is 6.22. The van der Waals surface area contributed by atoms with Crippen LogP contribution in [0.25, 0.3) is 22.1 Å². The summed E-state index contributed by atoms with van der Waals surface area (Å²) in [6.07, 6.45) is 1.32. The van der Waals surface area contributed by atoms with Crippen LogP contribution in [0.15, 0.2) is 51.9 Å². The highest BCUT2D eigenvalue weighted by Crippen LogP contribution is 2.34. The molecule has 3 aromatic rings. The maximum absolute atomic E-state index is 12.5. The number of hydrogen-bond acceptors (Lipinski definition) is 5. The van der Waals surface area contributed by atoms with Crippen LogP contribution in [-0.4, -0.2) is 17.3 Å². The third kappa shape index (κ3) is 2.08. The molecule has 106 valence electrons. The lowest BCUT2D eigenvalue weighted by Gasteiger charge is -2.07. The monoisotopic (exact) mass is 284 g/mol. The minimum absolute atomic E-state index is 0.0921. The van der Waals surface area contributed by atoms with Crippen LogP contribution in [-0.2, 0) is 0 Å². The SMILES string of the molecule is COc1c(O)ccc2c(=O)c(-c3ccc(O)cc3)coc12. The molecule has 0 atom stereocenters. The van der Waals surface area contributed by atoms with Crippen LogP contribution in [0, 0.1) is 0 Å². The zero-order valence-corrected chi connectivity index (χ0v) is 11.2. The van der Waals surface area contributed by atoms with Gasteiger partial charge in [-0.3, -0.25) is 4.79 Å². The van der Waals surface area contributed by atoms with Crippen LogP contribution >= 0.6 is 0 Å². The lowest BCUT2D eigenvalue weighted by atomic mass is 10.1. The van der Waals surface area contributed by atoms with Gasteiger partial charge >= 0.3 is 0 Å². The van der Waals surface area contributed by atoms with Gasteiger partial charge in [0.15, 0.2) is 11.3 Å². The highest BCUT2D eigenvalue weighted by atomic mass is 16.5. The first-order valence-electron chi connectivity index (χ1n) is 6.22. The molecule has 0 aliphatic heterocycles. The summed E-state index contributed by atoms with van der Waals surface area (Å²) in [5.74, 6) is 0.155. The molecule has 5 nitrogen and oxygen atoms in total. The van der Waals surface area contributed by atoms with Crippen molar-refractivity contribution < 1.29 is 19.4 Å². The van der Waals surface area contributed by atoms with E-state index in [1.54, 1.807) is 12.1 Å². The van der Waals surface area contributed by atoms with Crippen LogP contribution in [0.2, 0.25) is 0 Å². The van der Waals surface area contributed by atoms with Gasteiger partial charge in [-0.25, -0.2) is 0 Å². The van der Waals surface area contributed by atoms with Gasteiger partial charge in [0.25, 0.3) is 0 Å². The molecule has 0 aliphatic rings. The Morgan fingerprint density at radius 3 is 2.43 bits per heavy atom. The summed E-state index contributed by atoms with van der Waals surface area (Å²) in [4.78, 5) is 12.5. The number of benzene rings is 2. The molecule has 3 rings (SSSR count). The summed E-state index contributed by atoms with van der Waals surface area (Å²) in [5, 5.41) is 19.3. The van der Waals surface area contributed by atoms with Gasteiger partial charge in [-0.2, -0.15) is 0 Å². The Morgan fingerprint density at radius 2 is 1.76 bits per heavy atom. The normalized spacial score (nSPS) is 10.7. The van der Waals surface area contributed by atoms with E-state index in [0.29, 0.717) is 16.5 Å². The molecule has 1 aromatic heterocycles. The second kappa shape index (κ2) is 4.86. The fourth-order valence-electron chi connectivity index (χ4n) is 2.20. The van der Waals surface area contributed by atoms with E-state index in [-0.39, 0.29) is 28.3 Å². The minimum Gasteiger partial charge on any atom is -0.508 e. The van der Waals surface area contributed by atoms with E-state index in [9.17, 15) is 15.0 Å². The molecule has 0 saturated heterocycles. The molecule has 2 N–H and O–H groups in total. The lowest BCUT2D eigenvalue weighted by Crippen LogP contribution is -2.05. The van der Waals surface area contributed by atoms with Crippen molar-refractivity contribution in [1.82, 2.24) is 0 Å². The summed E-state index contributed by atoms with van der Waals surface area (Å²) in [5.41, 5.74) is 0.969. The van der Waals surface area contributed by atoms with E-state index in [2.05, 4.69) is 0 Å². The van der Waals surface area contributed by atoms with Crippen LogP contribution in [0.5, 0.6) is 17.2 Å². The molecule has 0 unspecified atom stereocenters. The topological polar surface area (TPSA) is 79.9 Å². The van der Waals surface area contributed by atoms with Crippen molar-refractivity contribution in [3.63, 3.8) is 0 Å². The third-order valence-electron chi connectivity index (χ3n) is 3.26. The second-order valence-electron chi connectivity index (χ2n) is 4.52. The molecular formula is C16H12O5. The van der Waals surface area contributed by atoms with Crippen molar-refractivity contribution in [1.29, 1.82) is 0 Å². The van der Waals surface area contributed by atoms with E-state index >= 15 is 0 Å². The molecule has 0 bridgehead atoms. The second-order valence-corrected chi connectivity index (χ2v) is 4.52. The Balaban J connectivity index is 2.29. The number of rotatable bonds is 2. The summed E-state index contributed by atoms with van der Waals surface area (Å²) in [6.45, 7) is 0. The van der Waals surface area contributed by atoms with Crippen LogP contribution < -0.4 is 10.2 Å². The average Bonchev–Trinajstić information content (AvgIpc) is 2.49. The van der Waals surface area contributed by atoms with Crippen LogP contribution in [0.3, 0.4) is 0 Å². The van der Waals surface area contributed by atoms with Gasteiger partial charge in [-0.1, -0.05) is 12.1 Å². The predicted octanol–water partition coefficient (Wildman–Crippen LogP) is 2.88. The zero-order chi connectivity index (χ0) is 15.0. The number of phenols is 2. The average molecular weight is 284 g/mol. The molecule has 0 radical (unpaired) electrons. The van der Waals surface area contributed by atoms with E-state index < -0.39 is 0 Å². The van der Waals surface area contributed by atoms with E-state index in [4.69, 9.17) is 9.15 Å². The number of phenolic OH excluding ortho intramolecular Hbond substituents is 2. The van der Waals surface area contributed by atoms with Crippen molar-refractivity contribution in [3.8, 4) is 28.4 Å². The zero-order valence-electron chi connectivity index (χ0n) is 11.2. The standard InChI is InChI=1S/C16H12O5/c1-20-16-13(18)7-6-11-14(19)12(8-21-15(11)16)9-2-4-10(17)5-3-9/h2-8,17-18H,1H3. The van der Waals surface area contributed by atoms with Gasteiger partial charge in [0.2, 0.25) is 11.2 Å². The summed E-state index contributed by atoms with van der Waals surface area (Å²) in [6, 6.07) is 9.13. The third-order valence-corrected chi connectivity index (χ3v) is 3.26. The molecule has 2 aromatic carbocycles. The lowest BCUT2D eigenvalue weighted by molar-refractivity contribution is 0.370. The summed E-state index contributed by atoms with van der Waals surface area (Å²) >= 11 is 0. The number of hydrogen-bond donors (Lipinski definition) is 2. The number of fused-ring (bicyclic) bond motifs is 1. The highest BCUT2D eigenvalue weighted by molar-refractivity contribution is 5.88. The Morgan fingerprint density at radius 1 is 1.05 bits per heavy atom. The molecule has 0 spiro atoms. The smallest absolute Gasteiger partial charge is 0.204 e. The first kappa shape index (κ1) is 13.1. The predicted molar refractivity (Wildman–Crippen MR) is 77.8 cm³/mol. The summed E-state index contributed by atoms with van der Waals surface area (Å²) < 4.78 is 10.5. The van der Waals surface area contributed by atoms with Crippen LogP contribution in [0.1, 0.15) is 0 Å². The molecule has 5 heteroatoms. The Bertz CT molecular complexity index is 862. The van der Waals surface area contributed by atoms with Gasteiger partial charge in [0.1, 0.15) is 12.0 Å². The van der Waals surface area contributed by atoms with Crippen LogP contribution in [0.4, 0.5) is 0 Å². The Hall–Kier alpha value is -2.95. The van der Waals surface area contributed by atoms with Gasteiger partial charge in [0, 0.05) is 0 Å². The quantitative estimate of drug-likeness (QED) is 0.756. The molecule has 1 heterocycles. The van der Waals surface area contributed by atoms with Crippen molar-refractivity contribution in [2.45, 2.75) is 0 Å². The number of ether oxygens (including phenoxy) is 1. The van der Waals surface area contributed by atoms with Gasteiger partial charge in [-0.15, -0.1) is 0 Å².